The molecule has 2 heterocycles. The third kappa shape index (κ3) is 2.19. The molecule has 0 unspecified atom stereocenters. The van der Waals surface area contributed by atoms with Gasteiger partial charge in [0.05, 0.1) is 6.04 Å². The van der Waals surface area contributed by atoms with E-state index in [9.17, 15) is 14.7 Å². The maximum Gasteiger partial charge on any atom is 0.326 e. The lowest BCUT2D eigenvalue weighted by Gasteiger charge is -2.23. The minimum Gasteiger partial charge on any atom is -0.480 e. The Kier molecular flexibility index (Phi) is 3.46. The summed E-state index contributed by atoms with van der Waals surface area (Å²) in [5.41, 5.74) is 0.532. The zero-order valence-electron chi connectivity index (χ0n) is 11.4. The molecule has 1 aliphatic carbocycles. The van der Waals surface area contributed by atoms with Crippen LogP contribution in [0.15, 0.2) is 12.3 Å². The second-order valence-electron chi connectivity index (χ2n) is 5.59. The molecular weight excluding hydrogens is 258 g/mol. The summed E-state index contributed by atoms with van der Waals surface area (Å²) in [5.74, 6) is -1.11. The number of amides is 1. The zero-order valence-corrected chi connectivity index (χ0v) is 11.4. The molecule has 1 saturated heterocycles. The van der Waals surface area contributed by atoms with E-state index in [0.717, 1.165) is 19.3 Å². The van der Waals surface area contributed by atoms with Crippen molar-refractivity contribution in [3.8, 4) is 0 Å². The van der Waals surface area contributed by atoms with Crippen LogP contribution in [-0.4, -0.2) is 44.3 Å². The van der Waals surface area contributed by atoms with Gasteiger partial charge < -0.3 is 10.0 Å². The molecular formula is C14H19N3O3. The molecule has 1 aromatic heterocycles. The summed E-state index contributed by atoms with van der Waals surface area (Å²) in [5, 5.41) is 13.5. The largest absolute Gasteiger partial charge is 0.480 e. The van der Waals surface area contributed by atoms with Crippen LogP contribution in [-0.2, 0) is 4.79 Å². The molecule has 1 N–H and O–H groups in total. The van der Waals surface area contributed by atoms with Gasteiger partial charge in [-0.2, -0.15) is 5.10 Å². The van der Waals surface area contributed by atoms with E-state index < -0.39 is 12.0 Å². The van der Waals surface area contributed by atoms with Crippen LogP contribution in [0.2, 0.25) is 0 Å². The molecule has 20 heavy (non-hydrogen) atoms. The molecule has 1 aromatic rings. The Hall–Kier alpha value is -1.85. The molecule has 2 fully saturated rings. The number of carboxylic acid groups (broad SMARTS) is 1. The molecule has 108 valence electrons. The van der Waals surface area contributed by atoms with Gasteiger partial charge in [-0.3, -0.25) is 9.48 Å². The number of hydrogen-bond acceptors (Lipinski definition) is 3. The topological polar surface area (TPSA) is 75.4 Å². The van der Waals surface area contributed by atoms with Crippen molar-refractivity contribution in [1.82, 2.24) is 14.7 Å². The van der Waals surface area contributed by atoms with Crippen LogP contribution < -0.4 is 0 Å². The summed E-state index contributed by atoms with van der Waals surface area (Å²) >= 11 is 0. The van der Waals surface area contributed by atoms with Crippen molar-refractivity contribution in [3.63, 3.8) is 0 Å². The van der Waals surface area contributed by atoms with Crippen molar-refractivity contribution in [3.05, 3.63) is 18.0 Å². The molecule has 3 rings (SSSR count). The van der Waals surface area contributed by atoms with Gasteiger partial charge in [0.1, 0.15) is 11.7 Å². The lowest BCUT2D eigenvalue weighted by Crippen LogP contribution is -2.41. The Balaban J connectivity index is 1.84. The van der Waals surface area contributed by atoms with Gasteiger partial charge in [-0.05, 0) is 31.7 Å². The first-order valence-corrected chi connectivity index (χ1v) is 7.26. The van der Waals surface area contributed by atoms with E-state index in [1.807, 2.05) is 0 Å². The molecule has 1 aliphatic heterocycles. The molecule has 1 atom stereocenters. The zero-order chi connectivity index (χ0) is 14.1. The first kappa shape index (κ1) is 13.1. The normalized spacial score (nSPS) is 23.4. The van der Waals surface area contributed by atoms with Crippen LogP contribution in [0.4, 0.5) is 0 Å². The van der Waals surface area contributed by atoms with Gasteiger partial charge in [-0.1, -0.05) is 12.8 Å². The van der Waals surface area contributed by atoms with Gasteiger partial charge in [0.25, 0.3) is 5.91 Å². The van der Waals surface area contributed by atoms with Crippen LogP contribution in [0.5, 0.6) is 0 Å². The Morgan fingerprint density at radius 3 is 2.65 bits per heavy atom. The first-order valence-electron chi connectivity index (χ1n) is 7.26. The maximum absolute atomic E-state index is 12.6. The minimum atomic E-state index is -0.914. The number of nitrogens with zero attached hydrogens (tertiary/aromatic N) is 3. The summed E-state index contributed by atoms with van der Waals surface area (Å²) in [7, 11) is 0. The highest BCUT2D eigenvalue weighted by Crippen LogP contribution is 2.30. The van der Waals surface area contributed by atoms with Crippen LogP contribution >= 0.6 is 0 Å². The average Bonchev–Trinajstić information content (AvgIpc) is 3.17. The molecule has 0 aromatic carbocycles. The number of carbonyl (C=O) groups is 2. The number of rotatable bonds is 3. The number of hydrogen-bond donors (Lipinski definition) is 1. The monoisotopic (exact) mass is 277 g/mol. The van der Waals surface area contributed by atoms with Crippen molar-refractivity contribution >= 4 is 11.9 Å². The predicted molar refractivity (Wildman–Crippen MR) is 71.4 cm³/mol. The number of carbonyl (C=O) groups excluding carboxylic acids is 1. The van der Waals surface area contributed by atoms with E-state index in [4.69, 9.17) is 0 Å². The van der Waals surface area contributed by atoms with Crippen molar-refractivity contribution in [1.29, 1.82) is 0 Å². The van der Waals surface area contributed by atoms with Gasteiger partial charge in [-0.25, -0.2) is 4.79 Å². The molecule has 2 aliphatic rings. The van der Waals surface area contributed by atoms with Crippen LogP contribution in [0, 0.1) is 0 Å². The summed E-state index contributed by atoms with van der Waals surface area (Å²) < 4.78 is 1.80. The number of aliphatic carboxylic acids is 1. The predicted octanol–water partition coefficient (Wildman–Crippen LogP) is 1.69. The highest BCUT2D eigenvalue weighted by Gasteiger charge is 2.36. The average molecular weight is 277 g/mol. The molecule has 1 amide bonds. The van der Waals surface area contributed by atoms with Gasteiger partial charge >= 0.3 is 5.97 Å². The van der Waals surface area contributed by atoms with E-state index >= 15 is 0 Å². The lowest BCUT2D eigenvalue weighted by molar-refractivity contribution is -0.141. The van der Waals surface area contributed by atoms with Crippen molar-refractivity contribution in [2.45, 2.75) is 50.6 Å². The fourth-order valence-electron chi connectivity index (χ4n) is 3.34. The summed E-state index contributed by atoms with van der Waals surface area (Å²) in [4.78, 5) is 25.3. The Morgan fingerprint density at radius 1 is 1.20 bits per heavy atom. The van der Waals surface area contributed by atoms with Crippen LogP contribution in [0.1, 0.15) is 55.1 Å². The highest BCUT2D eigenvalue weighted by molar-refractivity contribution is 5.95. The van der Waals surface area contributed by atoms with E-state index in [1.54, 1.807) is 16.9 Å². The quantitative estimate of drug-likeness (QED) is 0.912. The summed E-state index contributed by atoms with van der Waals surface area (Å²) in [6, 6.07) is 1.31. The smallest absolute Gasteiger partial charge is 0.326 e. The van der Waals surface area contributed by atoms with E-state index in [1.165, 1.54) is 17.7 Å². The summed E-state index contributed by atoms with van der Waals surface area (Å²) in [6.07, 6.45) is 7.35. The van der Waals surface area contributed by atoms with Crippen molar-refractivity contribution in [2.75, 3.05) is 6.54 Å². The number of aromatic nitrogens is 2. The highest BCUT2D eigenvalue weighted by atomic mass is 16.4. The van der Waals surface area contributed by atoms with Gasteiger partial charge in [0.2, 0.25) is 0 Å². The molecule has 1 saturated carbocycles. The Morgan fingerprint density at radius 2 is 1.95 bits per heavy atom. The second-order valence-corrected chi connectivity index (χ2v) is 5.59. The van der Waals surface area contributed by atoms with E-state index in [-0.39, 0.29) is 11.9 Å². The molecule has 6 nitrogen and oxygen atoms in total. The standard InChI is InChI=1S/C14H19N3O3/c18-13(16-9-3-6-12(16)14(19)20)11-7-8-15-17(11)10-4-1-2-5-10/h7-8,10,12H,1-6,9H2,(H,19,20)/t12-/m0/s1. The SMILES string of the molecule is O=C(O)[C@@H]1CCCN1C(=O)c1ccnn1C1CCCC1. The van der Waals surface area contributed by atoms with Crippen molar-refractivity contribution in [2.24, 2.45) is 0 Å². The Bertz CT molecular complexity index is 519. The number of carboxylic acids is 1. The van der Waals surface area contributed by atoms with Gasteiger partial charge in [0.15, 0.2) is 0 Å². The second kappa shape index (κ2) is 5.26. The van der Waals surface area contributed by atoms with Crippen LogP contribution in [0.25, 0.3) is 0 Å². The third-order valence-corrected chi connectivity index (χ3v) is 4.36. The van der Waals surface area contributed by atoms with E-state index in [2.05, 4.69) is 5.10 Å². The third-order valence-electron chi connectivity index (χ3n) is 4.36. The maximum atomic E-state index is 12.6. The fraction of sp³-hybridized carbons (Fsp3) is 0.643. The molecule has 0 radical (unpaired) electrons. The fourth-order valence-corrected chi connectivity index (χ4v) is 3.34. The number of likely N-dealkylation sites (tertiary alicyclic amines) is 1. The first-order chi connectivity index (χ1) is 9.68. The van der Waals surface area contributed by atoms with Gasteiger partial charge in [-0.15, -0.1) is 0 Å². The minimum absolute atomic E-state index is 0.195. The van der Waals surface area contributed by atoms with Crippen LogP contribution in [0.3, 0.4) is 0 Å². The molecule has 0 bridgehead atoms. The summed E-state index contributed by atoms with van der Waals surface area (Å²) in [6.45, 7) is 0.519. The Labute approximate surface area is 117 Å². The van der Waals surface area contributed by atoms with E-state index in [0.29, 0.717) is 18.7 Å². The van der Waals surface area contributed by atoms with Crippen molar-refractivity contribution < 1.29 is 14.7 Å². The molecule has 6 heteroatoms. The lowest BCUT2D eigenvalue weighted by atomic mass is 10.2. The van der Waals surface area contributed by atoms with Gasteiger partial charge in [0, 0.05) is 12.7 Å². The molecule has 0 spiro atoms.